The minimum Gasteiger partial charge on any atom is -0.337 e. The largest absolute Gasteiger partial charge is 0.337 e. The summed E-state index contributed by atoms with van der Waals surface area (Å²) in [5, 5.41) is 17.1. The van der Waals surface area contributed by atoms with Crippen LogP contribution in [0.1, 0.15) is 0 Å². The van der Waals surface area contributed by atoms with Gasteiger partial charge in [0, 0.05) is 39.3 Å². The quantitative estimate of drug-likeness (QED) is 0.252. The summed E-state index contributed by atoms with van der Waals surface area (Å²) in [6.07, 6.45) is 22.7. The van der Waals surface area contributed by atoms with Crippen molar-refractivity contribution in [3.63, 3.8) is 0 Å². The lowest BCUT2D eigenvalue weighted by molar-refractivity contribution is 0.227. The summed E-state index contributed by atoms with van der Waals surface area (Å²) in [7, 11) is 0. The van der Waals surface area contributed by atoms with Crippen molar-refractivity contribution < 1.29 is 14.4 Å². The Balaban J connectivity index is 1.36. The molecule has 0 saturated heterocycles. The van der Waals surface area contributed by atoms with Gasteiger partial charge in [-0.3, -0.25) is 4.90 Å². The number of nitrogens with zero attached hydrogens (tertiary/aromatic N) is 1. The van der Waals surface area contributed by atoms with Crippen LogP contribution < -0.4 is 31.9 Å². The van der Waals surface area contributed by atoms with Crippen LogP contribution >= 0.6 is 0 Å². The Morgan fingerprint density at radius 2 is 0.765 bits per heavy atom. The summed E-state index contributed by atoms with van der Waals surface area (Å²) in [6, 6.07) is -0.994. The summed E-state index contributed by atoms with van der Waals surface area (Å²) >= 11 is 0. The van der Waals surface area contributed by atoms with Crippen molar-refractivity contribution in [2.24, 2.45) is 0 Å². The Kier molecular flexibility index (Phi) is 10.0. The first kappa shape index (κ1) is 24.8. The highest BCUT2D eigenvalue weighted by Crippen LogP contribution is 2.00. The van der Waals surface area contributed by atoms with E-state index < -0.39 is 0 Å². The van der Waals surface area contributed by atoms with Crippen molar-refractivity contribution in [2.45, 2.75) is 18.1 Å². The maximum Gasteiger partial charge on any atom is 0.315 e. The molecule has 0 aromatic carbocycles. The van der Waals surface area contributed by atoms with Gasteiger partial charge in [0.1, 0.15) is 0 Å². The first-order valence-corrected chi connectivity index (χ1v) is 11.5. The molecule has 0 spiro atoms. The molecule has 0 atom stereocenters. The van der Waals surface area contributed by atoms with Crippen LogP contribution in [0.3, 0.4) is 0 Å². The van der Waals surface area contributed by atoms with Gasteiger partial charge in [0.15, 0.2) is 0 Å². The Labute approximate surface area is 200 Å². The molecule has 6 N–H and O–H groups in total. The number of hydrogen-bond acceptors (Lipinski definition) is 4. The molecule has 0 saturated carbocycles. The molecule has 0 unspecified atom stereocenters. The zero-order chi connectivity index (χ0) is 24.0. The number of allylic oxidation sites excluding steroid dienone is 6. The van der Waals surface area contributed by atoms with Crippen LogP contribution in [0.25, 0.3) is 0 Å². The maximum atomic E-state index is 12.1. The number of urea groups is 3. The predicted octanol–water partition coefficient (Wildman–Crippen LogP) is 0.670. The lowest BCUT2D eigenvalue weighted by atomic mass is 10.3. The minimum absolute atomic E-state index is 0.0874. The van der Waals surface area contributed by atoms with Crippen molar-refractivity contribution in [3.8, 4) is 0 Å². The maximum absolute atomic E-state index is 12.1. The highest BCUT2D eigenvalue weighted by Gasteiger charge is 2.12. The van der Waals surface area contributed by atoms with Gasteiger partial charge in [-0.05, 0) is 0 Å². The topological polar surface area (TPSA) is 127 Å². The van der Waals surface area contributed by atoms with E-state index in [2.05, 4.69) is 36.8 Å². The summed E-state index contributed by atoms with van der Waals surface area (Å²) < 4.78 is 0. The van der Waals surface area contributed by atoms with Crippen LogP contribution in [-0.2, 0) is 0 Å². The first-order chi connectivity index (χ1) is 16.6. The van der Waals surface area contributed by atoms with E-state index in [1.165, 1.54) is 0 Å². The van der Waals surface area contributed by atoms with Gasteiger partial charge in [-0.1, -0.05) is 72.9 Å². The van der Waals surface area contributed by atoms with E-state index in [9.17, 15) is 14.4 Å². The van der Waals surface area contributed by atoms with E-state index in [1.54, 1.807) is 0 Å². The van der Waals surface area contributed by atoms with E-state index in [1.807, 2.05) is 72.9 Å². The minimum atomic E-state index is -0.244. The Morgan fingerprint density at radius 3 is 1.03 bits per heavy atom. The lowest BCUT2D eigenvalue weighted by Crippen LogP contribution is -2.48. The van der Waals surface area contributed by atoms with Crippen LogP contribution in [0.2, 0.25) is 0 Å². The van der Waals surface area contributed by atoms with Crippen molar-refractivity contribution in [1.29, 1.82) is 0 Å². The molecule has 0 heterocycles. The number of carbonyl (C=O) groups is 3. The van der Waals surface area contributed by atoms with Gasteiger partial charge >= 0.3 is 18.1 Å². The lowest BCUT2D eigenvalue weighted by Gasteiger charge is -2.23. The van der Waals surface area contributed by atoms with E-state index in [-0.39, 0.29) is 36.2 Å². The van der Waals surface area contributed by atoms with E-state index in [0.717, 1.165) is 0 Å². The molecule has 0 aromatic heterocycles. The van der Waals surface area contributed by atoms with Crippen molar-refractivity contribution >= 4 is 18.1 Å². The van der Waals surface area contributed by atoms with Gasteiger partial charge in [0.2, 0.25) is 0 Å². The SMILES string of the molecule is O=C(NCCN(CCNC(=O)NC1C=CC=C1)CCNC(=O)NC1C=CC=C1)NC1C=CC=C1. The van der Waals surface area contributed by atoms with Crippen LogP contribution in [-0.4, -0.2) is 80.4 Å². The van der Waals surface area contributed by atoms with Gasteiger partial charge < -0.3 is 31.9 Å². The average molecular weight is 468 g/mol. The zero-order valence-corrected chi connectivity index (χ0v) is 19.1. The smallest absolute Gasteiger partial charge is 0.315 e. The highest BCUT2D eigenvalue weighted by atomic mass is 16.2. The fourth-order valence-corrected chi connectivity index (χ4v) is 3.51. The van der Waals surface area contributed by atoms with Crippen molar-refractivity contribution in [2.75, 3.05) is 39.3 Å². The molecular formula is C24H33N7O3. The zero-order valence-electron chi connectivity index (χ0n) is 19.1. The molecule has 34 heavy (non-hydrogen) atoms. The van der Waals surface area contributed by atoms with Gasteiger partial charge in [0.05, 0.1) is 18.1 Å². The van der Waals surface area contributed by atoms with Crippen LogP contribution in [0, 0.1) is 0 Å². The molecule has 0 fully saturated rings. The second-order valence-electron chi connectivity index (χ2n) is 7.93. The van der Waals surface area contributed by atoms with Crippen LogP contribution in [0.4, 0.5) is 14.4 Å². The Morgan fingerprint density at radius 1 is 0.500 bits per heavy atom. The molecular weight excluding hydrogens is 434 g/mol. The summed E-state index contributed by atoms with van der Waals surface area (Å²) in [5.74, 6) is 0. The predicted molar refractivity (Wildman–Crippen MR) is 132 cm³/mol. The number of rotatable bonds is 12. The average Bonchev–Trinajstić information content (AvgIpc) is 3.58. The molecule has 0 aromatic rings. The third-order valence-corrected chi connectivity index (χ3v) is 5.28. The second kappa shape index (κ2) is 13.7. The van der Waals surface area contributed by atoms with Crippen LogP contribution in [0.15, 0.2) is 72.9 Å². The fraction of sp³-hybridized carbons (Fsp3) is 0.375. The van der Waals surface area contributed by atoms with E-state index >= 15 is 0 Å². The second-order valence-corrected chi connectivity index (χ2v) is 7.93. The molecule has 10 nitrogen and oxygen atoms in total. The molecule has 3 aliphatic rings. The third-order valence-electron chi connectivity index (χ3n) is 5.28. The third kappa shape index (κ3) is 9.37. The van der Waals surface area contributed by atoms with E-state index in [0.29, 0.717) is 39.3 Å². The fourth-order valence-electron chi connectivity index (χ4n) is 3.51. The van der Waals surface area contributed by atoms with Crippen molar-refractivity contribution in [3.05, 3.63) is 72.9 Å². The summed E-state index contributed by atoms with van der Waals surface area (Å²) in [5.41, 5.74) is 0. The molecule has 182 valence electrons. The molecule has 10 heteroatoms. The number of carbonyl (C=O) groups excluding carboxylic acids is 3. The van der Waals surface area contributed by atoms with Gasteiger partial charge in [0.25, 0.3) is 0 Å². The first-order valence-electron chi connectivity index (χ1n) is 11.5. The van der Waals surface area contributed by atoms with Gasteiger partial charge in [-0.2, -0.15) is 0 Å². The molecule has 0 radical (unpaired) electrons. The van der Waals surface area contributed by atoms with Gasteiger partial charge in [-0.15, -0.1) is 0 Å². The molecule has 0 aliphatic heterocycles. The van der Waals surface area contributed by atoms with Crippen LogP contribution in [0.5, 0.6) is 0 Å². The van der Waals surface area contributed by atoms with E-state index in [4.69, 9.17) is 0 Å². The monoisotopic (exact) mass is 467 g/mol. The molecule has 3 aliphatic carbocycles. The standard InChI is InChI=1S/C24H33N7O3/c32-22(28-19-7-1-2-8-19)25-13-16-31(17-14-26-23(33)29-20-9-3-4-10-20)18-15-27-24(34)30-21-11-5-6-12-21/h1-12,19-21H,13-18H2,(H2,25,28,32)(H2,26,29,33)(H2,27,30,34). The molecule has 0 bridgehead atoms. The van der Waals surface area contributed by atoms with Gasteiger partial charge in [-0.25, -0.2) is 14.4 Å². The number of nitrogens with one attached hydrogen (secondary N) is 6. The summed E-state index contributed by atoms with van der Waals surface area (Å²) in [4.78, 5) is 38.2. The number of amides is 6. The summed E-state index contributed by atoms with van der Waals surface area (Å²) in [6.45, 7) is 2.99. The molecule has 3 rings (SSSR count). The normalized spacial score (nSPS) is 16.5. The highest BCUT2D eigenvalue weighted by molar-refractivity contribution is 5.75. The molecule has 6 amide bonds. The Bertz CT molecular complexity index is 741. The Hall–Kier alpha value is -3.79. The number of hydrogen-bond donors (Lipinski definition) is 6. The van der Waals surface area contributed by atoms with Crippen molar-refractivity contribution in [1.82, 2.24) is 36.8 Å².